The third-order valence-electron chi connectivity index (χ3n) is 3.85. The van der Waals surface area contributed by atoms with Crippen molar-refractivity contribution in [2.24, 2.45) is 0 Å². The number of amides is 1. The Labute approximate surface area is 149 Å². The van der Waals surface area contributed by atoms with E-state index in [0.29, 0.717) is 13.0 Å². The summed E-state index contributed by atoms with van der Waals surface area (Å²) in [5.74, 6) is -2.32. The summed E-state index contributed by atoms with van der Waals surface area (Å²) in [5.41, 5.74) is 0.270. The van der Waals surface area contributed by atoms with Crippen molar-refractivity contribution < 1.29 is 27.5 Å². The number of nitrogens with zero attached hydrogens (tertiary/aromatic N) is 1. The monoisotopic (exact) mass is 392 g/mol. The van der Waals surface area contributed by atoms with E-state index in [0.717, 1.165) is 6.07 Å². The molecule has 1 amide bonds. The number of halogens is 2. The van der Waals surface area contributed by atoms with Crippen molar-refractivity contribution in [2.45, 2.75) is 25.3 Å². The van der Waals surface area contributed by atoms with Crippen molar-refractivity contribution in [2.75, 3.05) is 18.8 Å². The van der Waals surface area contributed by atoms with E-state index < -0.39 is 40.2 Å². The topological polar surface area (TPSA) is 104 Å². The Morgan fingerprint density at radius 2 is 2.12 bits per heavy atom. The molecule has 1 atom stereocenters. The maximum atomic E-state index is 13.6. The van der Waals surface area contributed by atoms with Gasteiger partial charge in [0.25, 0.3) is 0 Å². The summed E-state index contributed by atoms with van der Waals surface area (Å²) in [6.07, 6.45) is -0.0180. The number of carboxylic acid groups (broad SMARTS) is 1. The normalized spacial score (nSPS) is 18.0. The molecule has 0 saturated carbocycles. The molecule has 1 aliphatic heterocycles. The minimum absolute atomic E-state index is 0.0307. The predicted molar refractivity (Wildman–Crippen MR) is 89.1 cm³/mol. The second kappa shape index (κ2) is 8.11. The molecule has 0 aliphatic carbocycles. The van der Waals surface area contributed by atoms with Crippen LogP contribution in [0.1, 0.15) is 30.9 Å². The molecule has 1 unspecified atom stereocenters. The van der Waals surface area contributed by atoms with Crippen molar-refractivity contribution in [3.8, 4) is 0 Å². The number of nitrogens with one attached hydrogen (secondary N) is 1. The van der Waals surface area contributed by atoms with Crippen molar-refractivity contribution in [3.05, 3.63) is 34.6 Å². The Hall–Kier alpha value is -1.71. The van der Waals surface area contributed by atoms with Gasteiger partial charge in [-0.3, -0.25) is 9.59 Å². The van der Waals surface area contributed by atoms with E-state index in [9.17, 15) is 22.4 Å². The van der Waals surface area contributed by atoms with E-state index in [4.69, 9.17) is 16.7 Å². The molecular formula is C15H18ClFN2O5S. The Morgan fingerprint density at radius 3 is 2.68 bits per heavy atom. The van der Waals surface area contributed by atoms with Gasteiger partial charge in [0.05, 0.1) is 23.2 Å². The number of rotatable bonds is 7. The van der Waals surface area contributed by atoms with E-state index in [-0.39, 0.29) is 29.3 Å². The van der Waals surface area contributed by atoms with E-state index in [1.54, 1.807) is 0 Å². The molecule has 2 N–H and O–H groups in total. The highest BCUT2D eigenvalue weighted by Crippen LogP contribution is 2.23. The van der Waals surface area contributed by atoms with Crippen LogP contribution in [-0.4, -0.2) is 48.5 Å². The lowest BCUT2D eigenvalue weighted by atomic mass is 10.0. The Bertz CT molecular complexity index is 771. The van der Waals surface area contributed by atoms with Crippen molar-refractivity contribution in [1.82, 2.24) is 9.62 Å². The second-order valence-electron chi connectivity index (χ2n) is 5.71. The van der Waals surface area contributed by atoms with E-state index in [2.05, 4.69) is 5.32 Å². The highest BCUT2D eigenvalue weighted by atomic mass is 35.5. The fourth-order valence-electron chi connectivity index (χ4n) is 2.59. The van der Waals surface area contributed by atoms with Gasteiger partial charge in [-0.25, -0.2) is 17.1 Å². The fourth-order valence-corrected chi connectivity index (χ4v) is 4.24. The summed E-state index contributed by atoms with van der Waals surface area (Å²) in [6, 6.07) is 2.85. The first kappa shape index (κ1) is 19.6. The van der Waals surface area contributed by atoms with Crippen LogP contribution in [0.15, 0.2) is 18.2 Å². The summed E-state index contributed by atoms with van der Waals surface area (Å²) in [5, 5.41) is 11.4. The zero-order chi connectivity index (χ0) is 18.6. The van der Waals surface area contributed by atoms with E-state index in [1.165, 1.54) is 16.4 Å². The lowest BCUT2D eigenvalue weighted by molar-refractivity contribution is -0.137. The maximum Gasteiger partial charge on any atom is 0.305 e. The zero-order valence-corrected chi connectivity index (χ0v) is 14.8. The van der Waals surface area contributed by atoms with Gasteiger partial charge in [-0.2, -0.15) is 0 Å². The minimum atomic E-state index is -3.30. The van der Waals surface area contributed by atoms with E-state index in [1.807, 2.05) is 0 Å². The molecule has 1 aliphatic rings. The Balaban J connectivity index is 2.02. The van der Waals surface area contributed by atoms with Crippen LogP contribution >= 0.6 is 11.6 Å². The molecule has 0 radical (unpaired) electrons. The van der Waals surface area contributed by atoms with Crippen molar-refractivity contribution in [1.29, 1.82) is 0 Å². The number of aliphatic carboxylic acids is 1. The summed E-state index contributed by atoms with van der Waals surface area (Å²) < 4.78 is 38.2. The highest BCUT2D eigenvalue weighted by molar-refractivity contribution is 7.89. The van der Waals surface area contributed by atoms with Crippen molar-refractivity contribution >= 4 is 33.5 Å². The average Bonchev–Trinajstić information content (AvgIpc) is 2.85. The largest absolute Gasteiger partial charge is 0.481 e. The number of sulfonamides is 1. The smallest absolute Gasteiger partial charge is 0.305 e. The zero-order valence-electron chi connectivity index (χ0n) is 13.2. The van der Waals surface area contributed by atoms with Gasteiger partial charge in [-0.1, -0.05) is 17.7 Å². The molecule has 1 heterocycles. The van der Waals surface area contributed by atoms with Gasteiger partial charge < -0.3 is 10.4 Å². The highest BCUT2D eigenvalue weighted by Gasteiger charge is 2.28. The average molecular weight is 393 g/mol. The molecule has 1 aromatic rings. The van der Waals surface area contributed by atoms with Gasteiger partial charge >= 0.3 is 5.97 Å². The van der Waals surface area contributed by atoms with Crippen LogP contribution in [0, 0.1) is 5.82 Å². The van der Waals surface area contributed by atoms with Gasteiger partial charge in [0.15, 0.2) is 0 Å². The minimum Gasteiger partial charge on any atom is -0.481 e. The number of carbonyl (C=O) groups excluding carboxylic acids is 1. The number of carboxylic acids is 1. The van der Waals surface area contributed by atoms with Crippen LogP contribution in [-0.2, 0) is 19.6 Å². The number of hydrogen-bond acceptors (Lipinski definition) is 4. The fraction of sp³-hybridized carbons (Fsp3) is 0.467. The first-order valence-corrected chi connectivity index (χ1v) is 9.61. The molecule has 25 heavy (non-hydrogen) atoms. The van der Waals surface area contributed by atoms with Gasteiger partial charge in [0.2, 0.25) is 15.9 Å². The van der Waals surface area contributed by atoms with Crippen LogP contribution in [0.4, 0.5) is 4.39 Å². The molecule has 7 nitrogen and oxygen atoms in total. The molecule has 2 rings (SSSR count). The van der Waals surface area contributed by atoms with Gasteiger partial charge in [0.1, 0.15) is 5.82 Å². The van der Waals surface area contributed by atoms with Crippen LogP contribution in [0.2, 0.25) is 5.02 Å². The molecule has 138 valence electrons. The summed E-state index contributed by atoms with van der Waals surface area (Å²) in [6.45, 7) is 0.402. The summed E-state index contributed by atoms with van der Waals surface area (Å²) in [7, 11) is -3.30. The third-order valence-corrected chi connectivity index (χ3v) is 6.11. The van der Waals surface area contributed by atoms with Crippen LogP contribution in [0.3, 0.4) is 0 Å². The lowest BCUT2D eigenvalue weighted by Crippen LogP contribution is -2.34. The SMILES string of the molecule is O=C(O)CC(NC(=O)CCN1CCCS1(=O)=O)c1ccc(Cl)c(F)c1. The quantitative estimate of drug-likeness (QED) is 0.732. The van der Waals surface area contributed by atoms with E-state index >= 15 is 0 Å². The molecule has 0 aromatic heterocycles. The van der Waals surface area contributed by atoms with Crippen LogP contribution in [0.5, 0.6) is 0 Å². The first-order valence-electron chi connectivity index (χ1n) is 7.63. The molecule has 1 fully saturated rings. The molecule has 1 saturated heterocycles. The molecule has 1 aromatic carbocycles. The van der Waals surface area contributed by atoms with Crippen molar-refractivity contribution in [3.63, 3.8) is 0 Å². The van der Waals surface area contributed by atoms with Crippen LogP contribution < -0.4 is 5.32 Å². The molecular weight excluding hydrogens is 375 g/mol. The maximum absolute atomic E-state index is 13.6. The number of benzene rings is 1. The van der Waals surface area contributed by atoms with Gasteiger partial charge in [-0.15, -0.1) is 0 Å². The van der Waals surface area contributed by atoms with Gasteiger partial charge in [0, 0.05) is 19.5 Å². The molecule has 0 bridgehead atoms. The second-order valence-corrected chi connectivity index (χ2v) is 8.21. The summed E-state index contributed by atoms with van der Waals surface area (Å²) >= 11 is 5.60. The number of carbonyl (C=O) groups is 2. The first-order chi connectivity index (χ1) is 11.7. The Kier molecular flexibility index (Phi) is 6.36. The predicted octanol–water partition coefficient (Wildman–Crippen LogP) is 1.54. The standard InChI is InChI=1S/C15H18ClFN2O5S/c16-11-3-2-10(8-12(11)17)13(9-15(21)22)18-14(20)4-6-19-5-1-7-25(19,23)24/h2-3,8,13H,1,4-7,9H2,(H,18,20)(H,21,22). The number of hydrogen-bond donors (Lipinski definition) is 2. The van der Waals surface area contributed by atoms with Gasteiger partial charge in [-0.05, 0) is 24.1 Å². The lowest BCUT2D eigenvalue weighted by Gasteiger charge is -2.19. The summed E-state index contributed by atoms with van der Waals surface area (Å²) in [4.78, 5) is 23.1. The molecule has 10 heteroatoms. The third kappa shape index (κ3) is 5.38. The van der Waals surface area contributed by atoms with Crippen LogP contribution in [0.25, 0.3) is 0 Å². The molecule has 0 spiro atoms. The Morgan fingerprint density at radius 1 is 1.40 bits per heavy atom.